The molecular formula is C14H21ClN2. The third-order valence-electron chi connectivity index (χ3n) is 4.18. The second kappa shape index (κ2) is 4.93. The highest BCUT2D eigenvalue weighted by atomic mass is 35.5. The van der Waals surface area contributed by atoms with Gasteiger partial charge in [0, 0.05) is 29.4 Å². The van der Waals surface area contributed by atoms with Crippen molar-refractivity contribution in [3.8, 4) is 0 Å². The van der Waals surface area contributed by atoms with E-state index >= 15 is 0 Å². The number of alkyl halides is 1. The van der Waals surface area contributed by atoms with Gasteiger partial charge in [-0.25, -0.2) is 0 Å². The Hall–Kier alpha value is -0.630. The molecule has 0 aliphatic heterocycles. The van der Waals surface area contributed by atoms with Crippen molar-refractivity contribution in [2.75, 3.05) is 0 Å². The smallest absolute Gasteiger partial charge is 0.0646 e. The van der Waals surface area contributed by atoms with Gasteiger partial charge in [0.1, 0.15) is 0 Å². The van der Waals surface area contributed by atoms with Crippen LogP contribution in [0.25, 0.3) is 0 Å². The summed E-state index contributed by atoms with van der Waals surface area (Å²) >= 11 is 6.56. The molecule has 1 fully saturated rings. The normalized spacial score (nSPS) is 30.2. The van der Waals surface area contributed by atoms with Crippen molar-refractivity contribution < 1.29 is 0 Å². The Kier molecular flexibility index (Phi) is 3.72. The fourth-order valence-electron chi connectivity index (χ4n) is 2.95. The maximum absolute atomic E-state index is 6.56. The van der Waals surface area contributed by atoms with Crippen LogP contribution in [-0.2, 0) is 5.41 Å². The number of aromatic nitrogens is 2. The SMILES string of the molecule is CC1CCC(C(C)(C)c2cnccn2)C(Cl)C1. The van der Waals surface area contributed by atoms with Crippen LogP contribution in [0.15, 0.2) is 18.6 Å². The van der Waals surface area contributed by atoms with E-state index in [2.05, 4.69) is 30.7 Å². The third-order valence-corrected chi connectivity index (χ3v) is 4.67. The van der Waals surface area contributed by atoms with E-state index in [9.17, 15) is 0 Å². The Balaban J connectivity index is 2.21. The summed E-state index contributed by atoms with van der Waals surface area (Å²) in [5.41, 5.74) is 1.08. The maximum atomic E-state index is 6.56. The predicted octanol–water partition coefficient (Wildman–Crippen LogP) is 3.80. The molecule has 1 aromatic heterocycles. The summed E-state index contributed by atoms with van der Waals surface area (Å²) in [7, 11) is 0. The van der Waals surface area contributed by atoms with E-state index in [0.29, 0.717) is 5.92 Å². The molecule has 2 rings (SSSR count). The van der Waals surface area contributed by atoms with Crippen LogP contribution in [-0.4, -0.2) is 15.3 Å². The molecule has 1 aromatic rings. The van der Waals surface area contributed by atoms with Crippen LogP contribution in [0.2, 0.25) is 0 Å². The van der Waals surface area contributed by atoms with Gasteiger partial charge in [0.25, 0.3) is 0 Å². The molecule has 1 aliphatic carbocycles. The average molecular weight is 253 g/mol. The third kappa shape index (κ3) is 2.62. The molecule has 1 heterocycles. The van der Waals surface area contributed by atoms with E-state index in [0.717, 1.165) is 18.0 Å². The van der Waals surface area contributed by atoms with Crippen molar-refractivity contribution in [2.45, 2.75) is 50.8 Å². The zero-order chi connectivity index (χ0) is 12.5. The van der Waals surface area contributed by atoms with E-state index in [1.165, 1.54) is 12.8 Å². The molecule has 0 aromatic carbocycles. The summed E-state index contributed by atoms with van der Waals surface area (Å²) < 4.78 is 0. The lowest BCUT2D eigenvalue weighted by atomic mass is 9.67. The van der Waals surface area contributed by atoms with Crippen molar-refractivity contribution in [3.05, 3.63) is 24.3 Å². The molecule has 17 heavy (non-hydrogen) atoms. The highest BCUT2D eigenvalue weighted by molar-refractivity contribution is 6.20. The first-order chi connectivity index (χ1) is 8.01. The molecule has 94 valence electrons. The summed E-state index contributed by atoms with van der Waals surface area (Å²) in [5.74, 6) is 1.25. The summed E-state index contributed by atoms with van der Waals surface area (Å²) in [5, 5.41) is 0.260. The predicted molar refractivity (Wildman–Crippen MR) is 71.2 cm³/mol. The van der Waals surface area contributed by atoms with Gasteiger partial charge in [-0.1, -0.05) is 27.2 Å². The summed E-state index contributed by atoms with van der Waals surface area (Å²) in [6.45, 7) is 6.78. The van der Waals surface area contributed by atoms with Crippen LogP contribution >= 0.6 is 11.6 Å². The average Bonchev–Trinajstić information content (AvgIpc) is 2.29. The number of hydrogen-bond acceptors (Lipinski definition) is 2. The summed E-state index contributed by atoms with van der Waals surface area (Å²) in [6, 6.07) is 0. The first-order valence-electron chi connectivity index (χ1n) is 6.42. The topological polar surface area (TPSA) is 25.8 Å². The molecule has 0 amide bonds. The van der Waals surface area contributed by atoms with Gasteiger partial charge in [0.2, 0.25) is 0 Å². The zero-order valence-electron chi connectivity index (χ0n) is 10.9. The molecule has 3 unspecified atom stereocenters. The maximum Gasteiger partial charge on any atom is 0.0646 e. The summed E-state index contributed by atoms with van der Waals surface area (Å²) in [4.78, 5) is 8.64. The second-order valence-corrected chi connectivity index (χ2v) is 6.41. The molecule has 0 bridgehead atoms. The zero-order valence-corrected chi connectivity index (χ0v) is 11.6. The fraction of sp³-hybridized carbons (Fsp3) is 0.714. The fourth-order valence-corrected chi connectivity index (χ4v) is 3.69. The summed E-state index contributed by atoms with van der Waals surface area (Å²) in [6.07, 6.45) is 8.96. The molecule has 1 aliphatic rings. The quantitative estimate of drug-likeness (QED) is 0.749. The standard InChI is InChI=1S/C14H21ClN2/c1-10-4-5-11(12(15)8-10)14(2,3)13-9-16-6-7-17-13/h6-7,9-12H,4-5,8H2,1-3H3. The number of rotatable bonds is 2. The van der Waals surface area contributed by atoms with Crippen molar-refractivity contribution in [2.24, 2.45) is 11.8 Å². The minimum Gasteiger partial charge on any atom is -0.261 e. The molecule has 0 saturated heterocycles. The Bertz CT molecular complexity index is 364. The van der Waals surface area contributed by atoms with Crippen LogP contribution in [0, 0.1) is 11.8 Å². The molecule has 0 radical (unpaired) electrons. The molecule has 3 atom stereocenters. The van der Waals surface area contributed by atoms with Gasteiger partial charge in [-0.3, -0.25) is 9.97 Å². The van der Waals surface area contributed by atoms with Gasteiger partial charge in [-0.05, 0) is 24.7 Å². The molecule has 0 N–H and O–H groups in total. The Labute approximate surface area is 109 Å². The molecule has 3 heteroatoms. The number of nitrogens with zero attached hydrogens (tertiary/aromatic N) is 2. The highest BCUT2D eigenvalue weighted by Gasteiger charge is 2.40. The lowest BCUT2D eigenvalue weighted by Gasteiger charge is -2.41. The minimum absolute atomic E-state index is 0.0147. The highest BCUT2D eigenvalue weighted by Crippen LogP contribution is 2.43. The lowest BCUT2D eigenvalue weighted by Crippen LogP contribution is -2.39. The van der Waals surface area contributed by atoms with Gasteiger partial charge < -0.3 is 0 Å². The van der Waals surface area contributed by atoms with E-state index in [-0.39, 0.29) is 10.8 Å². The second-order valence-electron chi connectivity index (χ2n) is 5.85. The van der Waals surface area contributed by atoms with E-state index in [4.69, 9.17) is 11.6 Å². The van der Waals surface area contributed by atoms with Crippen molar-refractivity contribution in [3.63, 3.8) is 0 Å². The van der Waals surface area contributed by atoms with Crippen LogP contribution in [0.3, 0.4) is 0 Å². The van der Waals surface area contributed by atoms with Gasteiger partial charge in [-0.2, -0.15) is 0 Å². The molecule has 2 nitrogen and oxygen atoms in total. The van der Waals surface area contributed by atoms with Crippen LogP contribution < -0.4 is 0 Å². The van der Waals surface area contributed by atoms with Gasteiger partial charge in [0.15, 0.2) is 0 Å². The van der Waals surface area contributed by atoms with Crippen molar-refractivity contribution in [1.29, 1.82) is 0 Å². The van der Waals surface area contributed by atoms with Crippen LogP contribution in [0.4, 0.5) is 0 Å². The van der Waals surface area contributed by atoms with Gasteiger partial charge in [-0.15, -0.1) is 11.6 Å². The molecule has 1 saturated carbocycles. The van der Waals surface area contributed by atoms with E-state index in [1.807, 2.05) is 6.20 Å². The van der Waals surface area contributed by atoms with E-state index < -0.39 is 0 Å². The lowest BCUT2D eigenvalue weighted by molar-refractivity contribution is 0.203. The van der Waals surface area contributed by atoms with Gasteiger partial charge in [0.05, 0.1) is 5.69 Å². The molecule has 0 spiro atoms. The Morgan fingerprint density at radius 1 is 1.29 bits per heavy atom. The monoisotopic (exact) mass is 252 g/mol. The molecular weight excluding hydrogens is 232 g/mol. The Morgan fingerprint density at radius 3 is 2.65 bits per heavy atom. The first kappa shape index (κ1) is 12.8. The Morgan fingerprint density at radius 2 is 2.06 bits per heavy atom. The van der Waals surface area contributed by atoms with Crippen LogP contribution in [0.1, 0.15) is 45.7 Å². The largest absolute Gasteiger partial charge is 0.261 e. The van der Waals surface area contributed by atoms with Crippen LogP contribution in [0.5, 0.6) is 0 Å². The van der Waals surface area contributed by atoms with Gasteiger partial charge >= 0.3 is 0 Å². The van der Waals surface area contributed by atoms with E-state index in [1.54, 1.807) is 12.4 Å². The van der Waals surface area contributed by atoms with Crippen molar-refractivity contribution in [1.82, 2.24) is 9.97 Å². The minimum atomic E-state index is 0.0147. The van der Waals surface area contributed by atoms with Crippen molar-refractivity contribution >= 4 is 11.6 Å². The number of hydrogen-bond donors (Lipinski definition) is 0. The first-order valence-corrected chi connectivity index (χ1v) is 6.86. The number of halogens is 1.